The molecule has 1 saturated carbocycles. The van der Waals surface area contributed by atoms with Crippen molar-refractivity contribution in [3.8, 4) is 5.75 Å². The molecule has 0 heterocycles. The van der Waals surface area contributed by atoms with Crippen LogP contribution in [0, 0.1) is 5.92 Å². The quantitative estimate of drug-likeness (QED) is 0.649. The lowest BCUT2D eigenvalue weighted by Crippen LogP contribution is -2.22. The second-order valence-corrected chi connectivity index (χ2v) is 5.14. The van der Waals surface area contributed by atoms with Crippen molar-refractivity contribution in [2.24, 2.45) is 5.92 Å². The van der Waals surface area contributed by atoms with Gasteiger partial charge in [0, 0.05) is 11.6 Å². The first-order valence-electron chi connectivity index (χ1n) is 6.95. The molecule has 0 aromatic heterocycles. The van der Waals surface area contributed by atoms with Crippen LogP contribution < -0.4 is 15.8 Å². The van der Waals surface area contributed by atoms with Gasteiger partial charge in [-0.25, -0.2) is 0 Å². The van der Waals surface area contributed by atoms with Gasteiger partial charge in [0.25, 0.3) is 0 Å². The van der Waals surface area contributed by atoms with Gasteiger partial charge < -0.3 is 15.8 Å². The molecule has 3 N–H and O–H groups in total. The van der Waals surface area contributed by atoms with Crippen LogP contribution in [-0.4, -0.2) is 13.0 Å². The third-order valence-corrected chi connectivity index (χ3v) is 3.71. The lowest BCUT2D eigenvalue weighted by atomic mass is 9.99. The summed E-state index contributed by atoms with van der Waals surface area (Å²) in [5.74, 6) is 0.857. The van der Waals surface area contributed by atoms with Crippen LogP contribution >= 0.6 is 0 Å². The fourth-order valence-corrected chi connectivity index (χ4v) is 2.60. The van der Waals surface area contributed by atoms with Crippen molar-refractivity contribution < 1.29 is 9.53 Å². The highest BCUT2D eigenvalue weighted by Gasteiger charge is 2.21. The van der Waals surface area contributed by atoms with E-state index in [2.05, 4.69) is 5.32 Å². The van der Waals surface area contributed by atoms with E-state index in [0.29, 0.717) is 17.1 Å². The summed E-state index contributed by atoms with van der Waals surface area (Å²) in [5.41, 5.74) is 7.04. The average Bonchev–Trinajstić information content (AvgIpc) is 2.68. The molecule has 0 atom stereocenters. The van der Waals surface area contributed by atoms with Crippen molar-refractivity contribution in [3.05, 3.63) is 18.2 Å². The Morgan fingerprint density at radius 2 is 1.95 bits per heavy atom. The zero-order valence-electron chi connectivity index (χ0n) is 11.4. The Bertz CT molecular complexity index is 438. The van der Waals surface area contributed by atoms with Crippen molar-refractivity contribution in [2.75, 3.05) is 18.2 Å². The number of methoxy groups -OCH3 is 1. The fraction of sp³-hybridized carbons (Fsp3) is 0.533. The number of ether oxygens (including phenoxy) is 1. The van der Waals surface area contributed by atoms with Crippen molar-refractivity contribution >= 4 is 17.3 Å². The topological polar surface area (TPSA) is 64.3 Å². The second kappa shape index (κ2) is 6.45. The van der Waals surface area contributed by atoms with Crippen LogP contribution in [0.4, 0.5) is 11.4 Å². The number of hydrogen-bond acceptors (Lipinski definition) is 3. The summed E-state index contributed by atoms with van der Waals surface area (Å²) < 4.78 is 5.24. The lowest BCUT2D eigenvalue weighted by Gasteiger charge is -2.16. The maximum atomic E-state index is 12.3. The molecule has 4 nitrogen and oxygen atoms in total. The number of carbonyl (C=O) groups is 1. The number of nitrogen functional groups attached to an aromatic ring is 1. The molecule has 0 aliphatic heterocycles. The zero-order valence-corrected chi connectivity index (χ0v) is 11.4. The van der Waals surface area contributed by atoms with Gasteiger partial charge in [0.15, 0.2) is 0 Å². The van der Waals surface area contributed by atoms with Crippen LogP contribution in [0.15, 0.2) is 18.2 Å². The molecule has 104 valence electrons. The molecule has 4 heteroatoms. The molecule has 0 saturated heterocycles. The number of amides is 1. The highest BCUT2D eigenvalue weighted by atomic mass is 16.5. The second-order valence-electron chi connectivity index (χ2n) is 5.14. The van der Waals surface area contributed by atoms with Gasteiger partial charge in [0.1, 0.15) is 5.75 Å². The number of hydrogen-bond donors (Lipinski definition) is 2. The number of benzene rings is 1. The van der Waals surface area contributed by atoms with E-state index >= 15 is 0 Å². The average molecular weight is 262 g/mol. The van der Waals surface area contributed by atoms with Gasteiger partial charge in [-0.15, -0.1) is 0 Å². The highest BCUT2D eigenvalue weighted by molar-refractivity contribution is 5.94. The summed E-state index contributed by atoms with van der Waals surface area (Å²) in [6, 6.07) is 5.28. The lowest BCUT2D eigenvalue weighted by molar-refractivity contribution is -0.120. The van der Waals surface area contributed by atoms with E-state index in [4.69, 9.17) is 10.5 Å². The Kier molecular flexibility index (Phi) is 4.66. The van der Waals surface area contributed by atoms with E-state index in [-0.39, 0.29) is 11.8 Å². The predicted molar refractivity (Wildman–Crippen MR) is 77.2 cm³/mol. The Hall–Kier alpha value is -1.71. The molecule has 2 rings (SSSR count). The van der Waals surface area contributed by atoms with Crippen LogP contribution in [0.1, 0.15) is 38.5 Å². The van der Waals surface area contributed by atoms with Gasteiger partial charge in [-0.1, -0.05) is 25.7 Å². The van der Waals surface area contributed by atoms with Crippen molar-refractivity contribution in [1.29, 1.82) is 0 Å². The van der Waals surface area contributed by atoms with Gasteiger partial charge in [0.2, 0.25) is 5.91 Å². The number of nitrogens with one attached hydrogen (secondary N) is 1. The first-order valence-corrected chi connectivity index (χ1v) is 6.95. The fourth-order valence-electron chi connectivity index (χ4n) is 2.60. The first-order chi connectivity index (χ1) is 9.20. The summed E-state index contributed by atoms with van der Waals surface area (Å²) in [4.78, 5) is 12.3. The highest BCUT2D eigenvalue weighted by Crippen LogP contribution is 2.29. The smallest absolute Gasteiger partial charge is 0.227 e. The Morgan fingerprint density at radius 1 is 1.26 bits per heavy atom. The first kappa shape index (κ1) is 13.7. The van der Waals surface area contributed by atoms with E-state index in [9.17, 15) is 4.79 Å². The predicted octanol–water partition coefficient (Wildman–Crippen LogP) is 3.19. The number of nitrogens with two attached hydrogens (primary N) is 1. The van der Waals surface area contributed by atoms with Gasteiger partial charge in [0.05, 0.1) is 12.8 Å². The van der Waals surface area contributed by atoms with E-state index < -0.39 is 0 Å². The molecule has 0 radical (unpaired) electrons. The van der Waals surface area contributed by atoms with E-state index in [1.54, 1.807) is 25.3 Å². The van der Waals surface area contributed by atoms with Crippen LogP contribution in [0.25, 0.3) is 0 Å². The minimum atomic E-state index is 0.0887. The molecule has 1 aromatic rings. The summed E-state index contributed by atoms with van der Waals surface area (Å²) in [7, 11) is 1.59. The Balaban J connectivity index is 2.07. The Morgan fingerprint density at radius 3 is 2.58 bits per heavy atom. The molecule has 1 amide bonds. The largest absolute Gasteiger partial charge is 0.495 e. The summed E-state index contributed by atoms with van der Waals surface area (Å²) in [5, 5.41) is 2.96. The molecule has 0 bridgehead atoms. The monoisotopic (exact) mass is 262 g/mol. The maximum Gasteiger partial charge on any atom is 0.227 e. The van der Waals surface area contributed by atoms with E-state index in [0.717, 1.165) is 25.7 Å². The molecular formula is C15H22N2O2. The maximum absolute atomic E-state index is 12.3. The molecule has 19 heavy (non-hydrogen) atoms. The van der Waals surface area contributed by atoms with Crippen LogP contribution in [0.5, 0.6) is 5.75 Å². The molecule has 0 unspecified atom stereocenters. The van der Waals surface area contributed by atoms with Gasteiger partial charge in [-0.3, -0.25) is 4.79 Å². The molecule has 0 spiro atoms. The van der Waals surface area contributed by atoms with E-state index in [1.165, 1.54) is 12.8 Å². The summed E-state index contributed by atoms with van der Waals surface area (Å²) >= 11 is 0. The van der Waals surface area contributed by atoms with Crippen LogP contribution in [0.3, 0.4) is 0 Å². The molecule has 1 aliphatic carbocycles. The number of carbonyl (C=O) groups excluding carboxylic acids is 1. The van der Waals surface area contributed by atoms with Crippen LogP contribution in [0.2, 0.25) is 0 Å². The SMILES string of the molecule is COc1ccc(N)cc1NC(=O)C1CCCCCC1. The van der Waals surface area contributed by atoms with Crippen LogP contribution in [-0.2, 0) is 4.79 Å². The molecular weight excluding hydrogens is 240 g/mol. The van der Waals surface area contributed by atoms with Gasteiger partial charge in [-0.05, 0) is 31.0 Å². The summed E-state index contributed by atoms with van der Waals surface area (Å²) in [6.45, 7) is 0. The van der Waals surface area contributed by atoms with Gasteiger partial charge >= 0.3 is 0 Å². The third kappa shape index (κ3) is 3.63. The summed E-state index contributed by atoms with van der Waals surface area (Å²) in [6.07, 6.45) is 6.74. The Labute approximate surface area is 114 Å². The number of anilines is 2. The van der Waals surface area contributed by atoms with Gasteiger partial charge in [-0.2, -0.15) is 0 Å². The zero-order chi connectivity index (χ0) is 13.7. The van der Waals surface area contributed by atoms with Crippen molar-refractivity contribution in [3.63, 3.8) is 0 Å². The normalized spacial score (nSPS) is 16.7. The minimum absolute atomic E-state index is 0.0887. The van der Waals surface area contributed by atoms with Crippen molar-refractivity contribution in [1.82, 2.24) is 0 Å². The molecule has 1 fully saturated rings. The minimum Gasteiger partial charge on any atom is -0.495 e. The standard InChI is InChI=1S/C15H22N2O2/c1-19-14-9-8-12(16)10-13(14)17-15(18)11-6-4-2-3-5-7-11/h8-11H,2-7,16H2,1H3,(H,17,18). The van der Waals surface area contributed by atoms with E-state index in [1.807, 2.05) is 0 Å². The third-order valence-electron chi connectivity index (χ3n) is 3.71. The van der Waals surface area contributed by atoms with Crippen molar-refractivity contribution in [2.45, 2.75) is 38.5 Å². The molecule has 1 aromatic carbocycles. The molecule has 1 aliphatic rings. The number of rotatable bonds is 3.